The fraction of sp³-hybridized carbons (Fsp3) is 1.00. The zero-order valence-electron chi connectivity index (χ0n) is 9.88. The minimum absolute atomic E-state index is 0. The molecule has 0 aromatic rings. The van der Waals surface area contributed by atoms with Crippen molar-refractivity contribution in [1.29, 1.82) is 0 Å². The molecule has 0 bridgehead atoms. The molecule has 12 heteroatoms. The normalized spacial score (nSPS) is 33.1. The quantitative estimate of drug-likeness (QED) is 0.375. The van der Waals surface area contributed by atoms with Crippen molar-refractivity contribution < 1.29 is 95.3 Å². The van der Waals surface area contributed by atoms with Gasteiger partial charge in [0.15, 0.2) is 0 Å². The summed E-state index contributed by atoms with van der Waals surface area (Å²) in [6, 6.07) is 0. The Morgan fingerprint density at radius 3 is 1.67 bits per heavy atom. The van der Waals surface area contributed by atoms with Crippen LogP contribution in [0.1, 0.15) is 12.8 Å². The average molecular weight is 320 g/mol. The molecule has 0 radical (unpaired) electrons. The van der Waals surface area contributed by atoms with Crippen molar-refractivity contribution in [3.05, 3.63) is 0 Å². The first-order valence-corrected chi connectivity index (χ1v) is 7.23. The average Bonchev–Trinajstić information content (AvgIpc) is 2.05. The van der Waals surface area contributed by atoms with Crippen LogP contribution in [-0.2, 0) is 20.2 Å². The van der Waals surface area contributed by atoms with Gasteiger partial charge in [-0.1, -0.05) is 0 Å². The molecule has 1 aliphatic carbocycles. The van der Waals surface area contributed by atoms with E-state index in [1.165, 1.54) is 0 Å². The van der Waals surface area contributed by atoms with Gasteiger partial charge >= 0.3 is 59.1 Å². The molecule has 1 fully saturated rings. The number of hydrogen-bond acceptors (Lipinski definition) is 8. The van der Waals surface area contributed by atoms with E-state index in [0.29, 0.717) is 0 Å². The predicted octanol–water partition coefficient (Wildman–Crippen LogP) is -8.66. The third kappa shape index (κ3) is 5.62. The summed E-state index contributed by atoms with van der Waals surface area (Å²) in [4.78, 5) is 0. The van der Waals surface area contributed by atoms with Crippen molar-refractivity contribution in [2.75, 3.05) is 0 Å². The molecule has 1 saturated carbocycles. The number of aliphatic hydroxyl groups is 2. The summed E-state index contributed by atoms with van der Waals surface area (Å²) in [6.07, 6.45) is -4.92. The Kier molecular flexibility index (Phi) is 9.38. The van der Waals surface area contributed by atoms with Crippen molar-refractivity contribution in [3.8, 4) is 0 Å². The maximum absolute atomic E-state index is 10.7. The van der Waals surface area contributed by atoms with Crippen molar-refractivity contribution in [2.24, 2.45) is 0 Å². The minimum Gasteiger partial charge on any atom is -0.748 e. The van der Waals surface area contributed by atoms with Gasteiger partial charge in [0.25, 0.3) is 0 Å². The SMILES string of the molecule is O=S(=O)([O-])C1CC(O)C(O)C(S(=O)(=O)[O-])C1.[Na+].[Na+]. The van der Waals surface area contributed by atoms with Crippen LogP contribution in [0.25, 0.3) is 0 Å². The minimum atomic E-state index is -4.96. The summed E-state index contributed by atoms with van der Waals surface area (Å²) in [5.74, 6) is 0. The Hall–Kier alpha value is 1.74. The topological polar surface area (TPSA) is 155 Å². The summed E-state index contributed by atoms with van der Waals surface area (Å²) in [5.41, 5.74) is 0. The van der Waals surface area contributed by atoms with Crippen molar-refractivity contribution in [1.82, 2.24) is 0 Å². The molecule has 0 amide bonds. The summed E-state index contributed by atoms with van der Waals surface area (Å²) in [5, 5.41) is 14.8. The number of rotatable bonds is 2. The zero-order chi connectivity index (χ0) is 12.7. The second-order valence-electron chi connectivity index (χ2n) is 3.68. The van der Waals surface area contributed by atoms with Gasteiger partial charge in [0.1, 0.15) is 10.1 Å². The van der Waals surface area contributed by atoms with Crippen LogP contribution in [0, 0.1) is 0 Å². The smallest absolute Gasteiger partial charge is 0.748 e. The predicted molar refractivity (Wildman–Crippen MR) is 48.2 cm³/mol. The maximum Gasteiger partial charge on any atom is 1.00 e. The Morgan fingerprint density at radius 1 is 0.889 bits per heavy atom. The van der Waals surface area contributed by atoms with Gasteiger partial charge in [-0.2, -0.15) is 0 Å². The summed E-state index contributed by atoms with van der Waals surface area (Å²) >= 11 is 0. The van der Waals surface area contributed by atoms with Crippen LogP contribution in [-0.4, -0.2) is 58.9 Å². The van der Waals surface area contributed by atoms with Gasteiger partial charge in [0.2, 0.25) is 0 Å². The molecule has 0 saturated heterocycles. The van der Waals surface area contributed by atoms with E-state index in [1.807, 2.05) is 0 Å². The van der Waals surface area contributed by atoms with E-state index in [4.69, 9.17) is 0 Å². The van der Waals surface area contributed by atoms with Gasteiger partial charge in [0, 0.05) is 0 Å². The molecule has 0 aliphatic heterocycles. The van der Waals surface area contributed by atoms with Crippen LogP contribution in [0.2, 0.25) is 0 Å². The first-order valence-electron chi connectivity index (χ1n) is 4.29. The van der Waals surface area contributed by atoms with E-state index in [1.54, 1.807) is 0 Å². The van der Waals surface area contributed by atoms with E-state index in [9.17, 15) is 36.2 Å². The van der Waals surface area contributed by atoms with Gasteiger partial charge in [-0.05, 0) is 12.8 Å². The molecule has 0 aromatic heterocycles. The second kappa shape index (κ2) is 7.66. The third-order valence-electron chi connectivity index (χ3n) is 2.55. The van der Waals surface area contributed by atoms with Gasteiger partial charge < -0.3 is 19.3 Å². The molecule has 8 nitrogen and oxygen atoms in total. The third-order valence-corrected chi connectivity index (χ3v) is 4.97. The zero-order valence-corrected chi connectivity index (χ0v) is 15.5. The van der Waals surface area contributed by atoms with Crippen LogP contribution in [0.4, 0.5) is 0 Å². The molecule has 96 valence electrons. The van der Waals surface area contributed by atoms with Crippen LogP contribution >= 0.6 is 0 Å². The van der Waals surface area contributed by atoms with E-state index >= 15 is 0 Å². The fourth-order valence-corrected chi connectivity index (χ4v) is 3.66. The standard InChI is InChI=1S/C6H12O8S2.2Na/c7-4-1-3(15(9,10)11)2-5(6(4)8)16(12,13)14;;/h3-8H,1-2H2,(H,9,10,11)(H,12,13,14);;/q;2*+1/p-2. The first kappa shape index (κ1) is 22.0. The molecule has 0 aromatic carbocycles. The largest absolute Gasteiger partial charge is 1.00 e. The van der Waals surface area contributed by atoms with E-state index in [0.717, 1.165) is 0 Å². The Labute approximate surface area is 149 Å². The van der Waals surface area contributed by atoms with Crippen molar-refractivity contribution >= 4 is 20.2 Å². The summed E-state index contributed by atoms with van der Waals surface area (Å²) in [7, 11) is -9.76. The first-order chi connectivity index (χ1) is 7.03. The summed E-state index contributed by atoms with van der Waals surface area (Å²) < 4.78 is 64.1. The van der Waals surface area contributed by atoms with Crippen LogP contribution in [0.3, 0.4) is 0 Å². The molecule has 1 aliphatic rings. The number of aliphatic hydroxyl groups excluding tert-OH is 2. The molecule has 4 atom stereocenters. The van der Waals surface area contributed by atoms with Crippen LogP contribution in [0.5, 0.6) is 0 Å². The summed E-state index contributed by atoms with van der Waals surface area (Å²) in [6.45, 7) is 0. The van der Waals surface area contributed by atoms with E-state index < -0.39 is 55.8 Å². The maximum atomic E-state index is 10.7. The van der Waals surface area contributed by atoms with Gasteiger partial charge in [-0.25, -0.2) is 16.8 Å². The molecular weight excluding hydrogens is 310 g/mol. The molecule has 4 unspecified atom stereocenters. The monoisotopic (exact) mass is 320 g/mol. The van der Waals surface area contributed by atoms with E-state index in [-0.39, 0.29) is 59.1 Å². The Balaban J connectivity index is 0. The Morgan fingerprint density at radius 2 is 1.33 bits per heavy atom. The molecule has 0 heterocycles. The van der Waals surface area contributed by atoms with Gasteiger partial charge in [-0.15, -0.1) is 0 Å². The molecule has 2 N–H and O–H groups in total. The molecular formula is C6H10Na2O8S2. The number of hydrogen-bond donors (Lipinski definition) is 2. The van der Waals surface area contributed by atoms with Gasteiger partial charge in [-0.3, -0.25) is 0 Å². The van der Waals surface area contributed by atoms with E-state index in [2.05, 4.69) is 0 Å². The van der Waals surface area contributed by atoms with Gasteiger partial charge in [0.05, 0.1) is 32.8 Å². The molecule has 0 spiro atoms. The van der Waals surface area contributed by atoms with Crippen LogP contribution in [0.15, 0.2) is 0 Å². The second-order valence-corrected chi connectivity index (χ2v) is 6.92. The molecule has 1 rings (SSSR count). The van der Waals surface area contributed by atoms with Crippen LogP contribution < -0.4 is 59.1 Å². The van der Waals surface area contributed by atoms with Crippen molar-refractivity contribution in [3.63, 3.8) is 0 Å². The molecule has 18 heavy (non-hydrogen) atoms. The van der Waals surface area contributed by atoms with Crippen molar-refractivity contribution in [2.45, 2.75) is 35.5 Å². The Bertz CT molecular complexity index is 460. The fourth-order valence-electron chi connectivity index (χ4n) is 1.68.